The normalized spacial score (nSPS) is 22.9. The maximum Gasteiger partial charge on any atom is 0.451 e. The van der Waals surface area contributed by atoms with Gasteiger partial charge >= 0.3 is 6.18 Å². The Morgan fingerprint density at radius 3 is 2.52 bits per heavy atom. The van der Waals surface area contributed by atoms with Crippen molar-refractivity contribution in [2.75, 3.05) is 17.2 Å². The van der Waals surface area contributed by atoms with Crippen molar-refractivity contribution in [1.29, 1.82) is 0 Å². The Hall–Kier alpha value is -1.57. The van der Waals surface area contributed by atoms with E-state index in [-0.39, 0.29) is 17.7 Å². The Morgan fingerprint density at radius 2 is 1.90 bits per heavy atom. The van der Waals surface area contributed by atoms with Gasteiger partial charge in [0.15, 0.2) is 0 Å². The molecule has 1 saturated carbocycles. The highest BCUT2D eigenvalue weighted by molar-refractivity contribution is 5.48. The fourth-order valence-electron chi connectivity index (χ4n) is 2.39. The molecule has 2 rings (SSSR count). The Balaban J connectivity index is 2.22. The summed E-state index contributed by atoms with van der Waals surface area (Å²) in [7, 11) is 0. The average Bonchev–Trinajstić information content (AvgIpc) is 2.41. The first-order valence-corrected chi connectivity index (χ1v) is 7.05. The zero-order valence-electron chi connectivity index (χ0n) is 11.7. The number of nitrogens with zero attached hydrogens (tertiary/aromatic N) is 2. The van der Waals surface area contributed by atoms with Gasteiger partial charge in [-0.25, -0.2) is 9.97 Å². The lowest BCUT2D eigenvalue weighted by atomic mass is 9.92. The van der Waals surface area contributed by atoms with Gasteiger partial charge in [0, 0.05) is 12.6 Å². The third-order valence-corrected chi connectivity index (χ3v) is 3.40. The van der Waals surface area contributed by atoms with Crippen molar-refractivity contribution in [3.8, 4) is 0 Å². The molecular formula is C13H19F3N4O. The van der Waals surface area contributed by atoms with Crippen molar-refractivity contribution in [2.45, 2.75) is 50.9 Å². The molecule has 1 aromatic heterocycles. The molecule has 0 radical (unpaired) electrons. The van der Waals surface area contributed by atoms with E-state index in [4.69, 9.17) is 0 Å². The van der Waals surface area contributed by atoms with Gasteiger partial charge in [-0.3, -0.25) is 0 Å². The third-order valence-electron chi connectivity index (χ3n) is 3.40. The number of aliphatic hydroxyl groups is 1. The molecule has 0 aromatic carbocycles. The molecule has 5 nitrogen and oxygen atoms in total. The van der Waals surface area contributed by atoms with Crippen molar-refractivity contribution in [3.05, 3.63) is 11.9 Å². The molecule has 1 heterocycles. The summed E-state index contributed by atoms with van der Waals surface area (Å²) in [6.07, 6.45) is -1.94. The van der Waals surface area contributed by atoms with Crippen LogP contribution in [0.25, 0.3) is 0 Å². The quantitative estimate of drug-likeness (QED) is 0.798. The Bertz CT molecular complexity index is 481. The first-order valence-electron chi connectivity index (χ1n) is 7.05. The second-order valence-electron chi connectivity index (χ2n) is 5.09. The Kier molecular flexibility index (Phi) is 4.87. The van der Waals surface area contributed by atoms with Crippen LogP contribution in [0.5, 0.6) is 0 Å². The molecule has 8 heteroatoms. The van der Waals surface area contributed by atoms with Crippen LogP contribution in [-0.4, -0.2) is 33.8 Å². The van der Waals surface area contributed by atoms with E-state index in [1.54, 1.807) is 6.92 Å². The lowest BCUT2D eigenvalue weighted by molar-refractivity contribution is -0.144. The summed E-state index contributed by atoms with van der Waals surface area (Å²) in [5.41, 5.74) is 0. The van der Waals surface area contributed by atoms with Crippen LogP contribution in [-0.2, 0) is 6.18 Å². The van der Waals surface area contributed by atoms with Crippen LogP contribution in [0, 0.1) is 0 Å². The topological polar surface area (TPSA) is 70.1 Å². The van der Waals surface area contributed by atoms with Crippen LogP contribution < -0.4 is 10.6 Å². The molecule has 1 fully saturated rings. The highest BCUT2D eigenvalue weighted by atomic mass is 19.4. The van der Waals surface area contributed by atoms with E-state index >= 15 is 0 Å². The van der Waals surface area contributed by atoms with Crippen molar-refractivity contribution in [3.63, 3.8) is 0 Å². The fraction of sp³-hybridized carbons (Fsp3) is 0.692. The van der Waals surface area contributed by atoms with Crippen LogP contribution >= 0.6 is 0 Å². The zero-order valence-corrected chi connectivity index (χ0v) is 11.7. The maximum atomic E-state index is 12.8. The number of hydrogen-bond acceptors (Lipinski definition) is 5. The van der Waals surface area contributed by atoms with Crippen LogP contribution in [0.3, 0.4) is 0 Å². The van der Waals surface area contributed by atoms with E-state index in [0.717, 1.165) is 12.8 Å². The molecule has 3 N–H and O–H groups in total. The van der Waals surface area contributed by atoms with Gasteiger partial charge in [-0.15, -0.1) is 0 Å². The number of hydrogen-bond donors (Lipinski definition) is 3. The van der Waals surface area contributed by atoms with Crippen molar-refractivity contribution in [1.82, 2.24) is 9.97 Å². The van der Waals surface area contributed by atoms with Gasteiger partial charge in [0.1, 0.15) is 11.6 Å². The zero-order chi connectivity index (χ0) is 15.5. The molecule has 118 valence electrons. The Labute approximate surface area is 121 Å². The molecule has 21 heavy (non-hydrogen) atoms. The molecule has 0 saturated heterocycles. The summed E-state index contributed by atoms with van der Waals surface area (Å²) in [5, 5.41) is 15.5. The first kappa shape index (κ1) is 15.8. The predicted octanol–water partition coefficient (Wildman–Crippen LogP) is 2.64. The van der Waals surface area contributed by atoms with Crippen molar-refractivity contribution >= 4 is 11.6 Å². The van der Waals surface area contributed by atoms with Gasteiger partial charge in [0.2, 0.25) is 5.82 Å². The SMILES string of the molecule is CCNc1cc(NC2CCCCC2O)nc(C(F)(F)F)n1. The van der Waals surface area contributed by atoms with Gasteiger partial charge < -0.3 is 15.7 Å². The van der Waals surface area contributed by atoms with Gasteiger partial charge in [0.25, 0.3) is 0 Å². The van der Waals surface area contributed by atoms with Gasteiger partial charge in [-0.1, -0.05) is 12.8 Å². The standard InChI is InChI=1S/C13H19F3N4O/c1-2-17-10-7-11(20-12(19-10)13(14,15)16)18-8-5-3-4-6-9(8)21/h7-9,21H,2-6H2,1H3,(H2,17,18,19,20). The smallest absolute Gasteiger partial charge is 0.391 e. The number of anilines is 2. The summed E-state index contributed by atoms with van der Waals surface area (Å²) in [4.78, 5) is 6.97. The fourth-order valence-corrected chi connectivity index (χ4v) is 2.39. The number of aliphatic hydroxyl groups excluding tert-OH is 1. The highest BCUT2D eigenvalue weighted by Crippen LogP contribution is 2.29. The second kappa shape index (κ2) is 6.46. The number of aromatic nitrogens is 2. The third kappa shape index (κ3) is 4.20. The average molecular weight is 304 g/mol. The first-order chi connectivity index (χ1) is 9.90. The predicted molar refractivity (Wildman–Crippen MR) is 73.1 cm³/mol. The summed E-state index contributed by atoms with van der Waals surface area (Å²) in [5.74, 6) is -0.986. The number of halogens is 3. The summed E-state index contributed by atoms with van der Waals surface area (Å²) < 4.78 is 38.4. The molecular weight excluding hydrogens is 285 g/mol. The molecule has 0 spiro atoms. The van der Waals surface area contributed by atoms with Crippen molar-refractivity contribution in [2.24, 2.45) is 0 Å². The minimum absolute atomic E-state index is 0.0826. The van der Waals surface area contributed by atoms with Crippen molar-refractivity contribution < 1.29 is 18.3 Å². The van der Waals surface area contributed by atoms with Gasteiger partial charge in [0.05, 0.1) is 12.1 Å². The lowest BCUT2D eigenvalue weighted by Crippen LogP contribution is -2.36. The van der Waals surface area contributed by atoms with Crippen LogP contribution in [0.15, 0.2) is 6.07 Å². The molecule has 2 unspecified atom stereocenters. The molecule has 0 bridgehead atoms. The van der Waals surface area contributed by atoms with Gasteiger partial charge in [-0.2, -0.15) is 13.2 Å². The summed E-state index contributed by atoms with van der Waals surface area (Å²) in [6, 6.07) is 1.16. The minimum atomic E-state index is -4.60. The Morgan fingerprint density at radius 1 is 1.24 bits per heavy atom. The van der Waals surface area contributed by atoms with E-state index in [9.17, 15) is 18.3 Å². The van der Waals surface area contributed by atoms with Crippen LogP contribution in [0.1, 0.15) is 38.4 Å². The van der Waals surface area contributed by atoms with Crippen LogP contribution in [0.4, 0.5) is 24.8 Å². The van der Waals surface area contributed by atoms with E-state index in [0.29, 0.717) is 19.4 Å². The molecule has 1 aliphatic carbocycles. The van der Waals surface area contributed by atoms with E-state index < -0.39 is 18.1 Å². The number of alkyl halides is 3. The van der Waals surface area contributed by atoms with E-state index in [1.807, 2.05) is 0 Å². The molecule has 0 aliphatic heterocycles. The van der Waals surface area contributed by atoms with E-state index in [2.05, 4.69) is 20.6 Å². The largest absolute Gasteiger partial charge is 0.451 e. The summed E-state index contributed by atoms with van der Waals surface area (Å²) in [6.45, 7) is 2.23. The van der Waals surface area contributed by atoms with E-state index in [1.165, 1.54) is 6.07 Å². The lowest BCUT2D eigenvalue weighted by Gasteiger charge is -2.29. The highest BCUT2D eigenvalue weighted by Gasteiger charge is 2.36. The molecule has 2 atom stereocenters. The minimum Gasteiger partial charge on any atom is -0.391 e. The summed E-state index contributed by atoms with van der Waals surface area (Å²) >= 11 is 0. The molecule has 0 amide bonds. The van der Waals surface area contributed by atoms with Crippen LogP contribution in [0.2, 0.25) is 0 Å². The maximum absolute atomic E-state index is 12.8. The van der Waals surface area contributed by atoms with Gasteiger partial charge in [-0.05, 0) is 19.8 Å². The number of nitrogens with one attached hydrogen (secondary N) is 2. The molecule has 1 aromatic rings. The second-order valence-corrected chi connectivity index (χ2v) is 5.09. The molecule has 1 aliphatic rings. The monoisotopic (exact) mass is 304 g/mol. The number of rotatable bonds is 4.